The summed E-state index contributed by atoms with van der Waals surface area (Å²) < 4.78 is 0. The molecule has 0 unspecified atom stereocenters. The third-order valence-corrected chi connectivity index (χ3v) is 3.08. The summed E-state index contributed by atoms with van der Waals surface area (Å²) in [5.74, 6) is -0.928. The molecule has 0 aliphatic carbocycles. The first-order valence-electron chi connectivity index (χ1n) is 5.41. The van der Waals surface area contributed by atoms with Gasteiger partial charge in [0.2, 0.25) is 0 Å². The van der Waals surface area contributed by atoms with Crippen LogP contribution in [0.15, 0.2) is 36.4 Å². The number of benzene rings is 2. The van der Waals surface area contributed by atoms with Crippen molar-refractivity contribution in [1.29, 1.82) is 0 Å². The average molecular weight is 225 g/mol. The average Bonchev–Trinajstić information content (AvgIpc) is 2.73. The minimum absolute atomic E-state index is 0.232. The van der Waals surface area contributed by atoms with Crippen LogP contribution in [-0.2, 0) is 0 Å². The number of H-pyrrole nitrogens is 1. The molecule has 3 aromatic rings. The Morgan fingerprint density at radius 1 is 1.12 bits per heavy atom. The number of aromatic amines is 1. The van der Waals surface area contributed by atoms with E-state index in [4.69, 9.17) is 5.11 Å². The van der Waals surface area contributed by atoms with Crippen molar-refractivity contribution in [2.75, 3.05) is 0 Å². The highest BCUT2D eigenvalue weighted by Gasteiger charge is 2.10. The molecule has 0 amide bonds. The van der Waals surface area contributed by atoms with Crippen LogP contribution in [-0.4, -0.2) is 16.1 Å². The van der Waals surface area contributed by atoms with E-state index in [1.807, 2.05) is 31.2 Å². The molecule has 0 saturated heterocycles. The van der Waals surface area contributed by atoms with Crippen molar-refractivity contribution in [1.82, 2.24) is 4.98 Å². The van der Waals surface area contributed by atoms with Gasteiger partial charge in [0.1, 0.15) is 5.69 Å². The smallest absolute Gasteiger partial charge is 0.352 e. The number of fused-ring (bicyclic) bond motifs is 3. The molecule has 0 saturated carbocycles. The Morgan fingerprint density at radius 3 is 2.53 bits per heavy atom. The lowest BCUT2D eigenvalue weighted by Gasteiger charge is -2.03. The fraction of sp³-hybridized carbons (Fsp3) is 0.0714. The summed E-state index contributed by atoms with van der Waals surface area (Å²) in [7, 11) is 0. The van der Waals surface area contributed by atoms with Crippen LogP contribution >= 0.6 is 0 Å². The number of aromatic carboxylic acids is 1. The summed E-state index contributed by atoms with van der Waals surface area (Å²) in [6, 6.07) is 11.7. The van der Waals surface area contributed by atoms with Gasteiger partial charge in [0, 0.05) is 10.9 Å². The molecule has 17 heavy (non-hydrogen) atoms. The summed E-state index contributed by atoms with van der Waals surface area (Å²) in [6.07, 6.45) is 0. The molecule has 0 spiro atoms. The van der Waals surface area contributed by atoms with Crippen molar-refractivity contribution in [3.8, 4) is 0 Å². The van der Waals surface area contributed by atoms with Gasteiger partial charge in [-0.05, 0) is 35.4 Å². The minimum Gasteiger partial charge on any atom is -0.477 e. The van der Waals surface area contributed by atoms with E-state index in [0.29, 0.717) is 0 Å². The number of nitrogens with one attached hydrogen (secondary N) is 1. The molecule has 3 nitrogen and oxygen atoms in total. The second-order valence-electron chi connectivity index (χ2n) is 4.19. The van der Waals surface area contributed by atoms with Crippen molar-refractivity contribution in [2.45, 2.75) is 6.92 Å². The van der Waals surface area contributed by atoms with E-state index in [2.05, 4.69) is 11.1 Å². The number of carboxylic acid groups (broad SMARTS) is 1. The van der Waals surface area contributed by atoms with Gasteiger partial charge in [-0.15, -0.1) is 0 Å². The summed E-state index contributed by atoms with van der Waals surface area (Å²) in [4.78, 5) is 13.9. The van der Waals surface area contributed by atoms with Crippen LogP contribution < -0.4 is 0 Å². The Morgan fingerprint density at radius 2 is 1.82 bits per heavy atom. The zero-order valence-corrected chi connectivity index (χ0v) is 9.32. The Hall–Kier alpha value is -2.29. The van der Waals surface area contributed by atoms with Gasteiger partial charge in [0.25, 0.3) is 0 Å². The Kier molecular flexibility index (Phi) is 1.95. The zero-order chi connectivity index (χ0) is 12.0. The minimum atomic E-state index is -0.928. The van der Waals surface area contributed by atoms with Crippen molar-refractivity contribution >= 4 is 27.6 Å². The highest BCUT2D eigenvalue weighted by molar-refractivity contribution is 6.10. The molecule has 1 aromatic heterocycles. The maximum absolute atomic E-state index is 11.0. The van der Waals surface area contributed by atoms with Crippen LogP contribution in [0.3, 0.4) is 0 Å². The molecule has 0 fully saturated rings. The maximum Gasteiger partial charge on any atom is 0.352 e. The number of rotatable bonds is 1. The van der Waals surface area contributed by atoms with Crippen LogP contribution in [0.1, 0.15) is 16.1 Å². The second-order valence-corrected chi connectivity index (χ2v) is 4.19. The van der Waals surface area contributed by atoms with Gasteiger partial charge < -0.3 is 10.1 Å². The predicted molar refractivity (Wildman–Crippen MR) is 67.5 cm³/mol. The fourth-order valence-corrected chi connectivity index (χ4v) is 2.28. The molecule has 3 heteroatoms. The van der Waals surface area contributed by atoms with Crippen LogP contribution in [0.25, 0.3) is 21.7 Å². The number of hydrogen-bond acceptors (Lipinski definition) is 1. The number of carbonyl (C=O) groups is 1. The lowest BCUT2D eigenvalue weighted by atomic mass is 10.0. The summed E-state index contributed by atoms with van der Waals surface area (Å²) in [6.45, 7) is 2.03. The number of carboxylic acids is 1. The Balaban J connectivity index is 2.50. The third-order valence-electron chi connectivity index (χ3n) is 3.08. The first-order valence-corrected chi connectivity index (χ1v) is 5.41. The van der Waals surface area contributed by atoms with Crippen LogP contribution in [0.2, 0.25) is 0 Å². The number of aryl methyl sites for hydroxylation is 1. The normalized spacial score (nSPS) is 11.1. The van der Waals surface area contributed by atoms with Crippen molar-refractivity contribution in [3.63, 3.8) is 0 Å². The Bertz CT molecular complexity index is 740. The number of hydrogen-bond donors (Lipinski definition) is 2. The van der Waals surface area contributed by atoms with Gasteiger partial charge in [0.05, 0.1) is 0 Å². The molecule has 0 aliphatic heterocycles. The molecule has 0 bridgehead atoms. The standard InChI is InChI=1S/C14H11NO2/c1-8-6-12-11(7-13(15-12)14(16)17)10-5-3-2-4-9(8)10/h2-7,15H,1H3,(H,16,17). The predicted octanol–water partition coefficient (Wildman–Crippen LogP) is 3.33. The maximum atomic E-state index is 11.0. The molecule has 0 aliphatic rings. The van der Waals surface area contributed by atoms with E-state index >= 15 is 0 Å². The molecule has 2 N–H and O–H groups in total. The zero-order valence-electron chi connectivity index (χ0n) is 9.32. The van der Waals surface area contributed by atoms with E-state index < -0.39 is 5.97 Å². The van der Waals surface area contributed by atoms with E-state index in [9.17, 15) is 4.79 Å². The van der Waals surface area contributed by atoms with Gasteiger partial charge in [-0.25, -0.2) is 4.79 Å². The van der Waals surface area contributed by atoms with E-state index in [1.54, 1.807) is 6.07 Å². The van der Waals surface area contributed by atoms with Crippen molar-refractivity contribution in [2.24, 2.45) is 0 Å². The van der Waals surface area contributed by atoms with Crippen molar-refractivity contribution in [3.05, 3.63) is 47.7 Å². The van der Waals surface area contributed by atoms with Gasteiger partial charge in [-0.1, -0.05) is 24.3 Å². The van der Waals surface area contributed by atoms with Gasteiger partial charge >= 0.3 is 5.97 Å². The molecule has 0 radical (unpaired) electrons. The first-order chi connectivity index (χ1) is 8.16. The monoisotopic (exact) mass is 225 g/mol. The SMILES string of the molecule is Cc1cc2[nH]c(C(=O)O)cc2c2ccccc12. The fourth-order valence-electron chi connectivity index (χ4n) is 2.28. The number of aromatic nitrogens is 1. The van der Waals surface area contributed by atoms with Crippen LogP contribution in [0.4, 0.5) is 0 Å². The van der Waals surface area contributed by atoms with Crippen molar-refractivity contribution < 1.29 is 9.90 Å². The third kappa shape index (κ3) is 1.40. The van der Waals surface area contributed by atoms with E-state index in [1.165, 1.54) is 0 Å². The van der Waals surface area contributed by atoms with Gasteiger partial charge in [0.15, 0.2) is 0 Å². The molecular formula is C14H11NO2. The highest BCUT2D eigenvalue weighted by atomic mass is 16.4. The topological polar surface area (TPSA) is 53.1 Å². The molecule has 3 rings (SSSR count). The molecule has 0 atom stereocenters. The molecular weight excluding hydrogens is 214 g/mol. The first kappa shape index (κ1) is 9.90. The second kappa shape index (κ2) is 3.35. The van der Waals surface area contributed by atoms with Crippen LogP contribution in [0.5, 0.6) is 0 Å². The van der Waals surface area contributed by atoms with E-state index in [-0.39, 0.29) is 5.69 Å². The lowest BCUT2D eigenvalue weighted by molar-refractivity contribution is 0.0691. The molecule has 84 valence electrons. The molecule has 2 aromatic carbocycles. The lowest BCUT2D eigenvalue weighted by Crippen LogP contribution is -1.94. The highest BCUT2D eigenvalue weighted by Crippen LogP contribution is 2.28. The quantitative estimate of drug-likeness (QED) is 0.667. The summed E-state index contributed by atoms with van der Waals surface area (Å²) in [5.41, 5.74) is 2.25. The van der Waals surface area contributed by atoms with Gasteiger partial charge in [-0.3, -0.25) is 0 Å². The summed E-state index contributed by atoms with van der Waals surface area (Å²) in [5, 5.41) is 12.2. The summed E-state index contributed by atoms with van der Waals surface area (Å²) >= 11 is 0. The molecule has 1 heterocycles. The Labute approximate surface area is 97.7 Å². The largest absolute Gasteiger partial charge is 0.477 e. The van der Waals surface area contributed by atoms with Crippen LogP contribution in [0, 0.1) is 6.92 Å². The van der Waals surface area contributed by atoms with Gasteiger partial charge in [-0.2, -0.15) is 0 Å². The van der Waals surface area contributed by atoms with E-state index in [0.717, 1.165) is 27.2 Å².